The van der Waals surface area contributed by atoms with Crippen LogP contribution in [0.5, 0.6) is 0 Å². The van der Waals surface area contributed by atoms with Crippen LogP contribution < -0.4 is 5.06 Å². The minimum absolute atomic E-state index is 0.107. The van der Waals surface area contributed by atoms with Gasteiger partial charge in [-0.25, -0.2) is 0 Å². The number of benzene rings is 1. The van der Waals surface area contributed by atoms with Gasteiger partial charge in [0.1, 0.15) is 13.0 Å². The van der Waals surface area contributed by atoms with E-state index in [-0.39, 0.29) is 6.54 Å². The van der Waals surface area contributed by atoms with Crippen molar-refractivity contribution in [2.75, 3.05) is 32.0 Å². The van der Waals surface area contributed by atoms with E-state index in [0.29, 0.717) is 17.2 Å². The zero-order chi connectivity index (χ0) is 17.8. The number of aliphatic hydroxyl groups is 1. The van der Waals surface area contributed by atoms with Gasteiger partial charge in [-0.05, 0) is 45.4 Å². The molecule has 0 aliphatic heterocycles. The number of aliphatic hydroxyl groups excluding tert-OH is 1. The molecule has 23 heavy (non-hydrogen) atoms. The van der Waals surface area contributed by atoms with Gasteiger partial charge < -0.3 is 9.67 Å². The van der Waals surface area contributed by atoms with E-state index in [9.17, 15) is 19.7 Å². The fourth-order valence-electron chi connectivity index (χ4n) is 2.32. The van der Waals surface area contributed by atoms with Crippen LogP contribution in [0.3, 0.4) is 0 Å². The Morgan fingerprint density at radius 1 is 1.30 bits per heavy atom. The molecule has 1 amide bonds. The molecule has 0 saturated heterocycles. The Hall–Kier alpha value is -1.20. The molecule has 1 aromatic rings. The second-order valence-corrected chi connectivity index (χ2v) is 9.68. The van der Waals surface area contributed by atoms with Gasteiger partial charge >= 0.3 is 0 Å². The summed E-state index contributed by atoms with van der Waals surface area (Å²) in [5.41, 5.74) is 1.22. The topological polar surface area (TPSA) is 81.1 Å². The molecule has 1 rings (SSSR count). The van der Waals surface area contributed by atoms with Gasteiger partial charge in [-0.15, -0.1) is 0 Å². The number of aryl methyl sites for hydroxylation is 1. The standard InChI is InChI=1S/C16H27N2O4P/c1-6-13(17(3)11-15(19)23(4,5)22)16(20)18(21)14-10-8-7-9-12(14)2/h7-10,13,15,19,21H,6,11H2,1-5H3. The Labute approximate surface area is 138 Å². The highest BCUT2D eigenvalue weighted by Gasteiger charge is 2.30. The van der Waals surface area contributed by atoms with E-state index in [2.05, 4.69) is 0 Å². The van der Waals surface area contributed by atoms with Gasteiger partial charge in [-0.1, -0.05) is 25.1 Å². The van der Waals surface area contributed by atoms with Crippen molar-refractivity contribution < 1.29 is 19.7 Å². The first kappa shape index (κ1) is 19.8. The maximum absolute atomic E-state index is 12.6. The van der Waals surface area contributed by atoms with E-state index < -0.39 is 24.9 Å². The van der Waals surface area contributed by atoms with Crippen LogP contribution in [0.15, 0.2) is 24.3 Å². The molecule has 0 fully saturated rings. The monoisotopic (exact) mass is 342 g/mol. The molecule has 2 atom stereocenters. The molecular weight excluding hydrogens is 315 g/mol. The third-order valence-electron chi connectivity index (χ3n) is 3.93. The highest BCUT2D eigenvalue weighted by molar-refractivity contribution is 7.62. The van der Waals surface area contributed by atoms with Crippen LogP contribution in [0, 0.1) is 6.92 Å². The first-order valence-corrected chi connectivity index (χ1v) is 10.3. The maximum atomic E-state index is 12.6. The highest BCUT2D eigenvalue weighted by atomic mass is 31.2. The second-order valence-electron chi connectivity index (χ2n) is 6.21. The molecule has 0 heterocycles. The van der Waals surface area contributed by atoms with E-state index >= 15 is 0 Å². The number of rotatable bonds is 7. The molecule has 0 aliphatic rings. The summed E-state index contributed by atoms with van der Waals surface area (Å²) in [5.74, 6) is -1.47. The van der Waals surface area contributed by atoms with Gasteiger partial charge in [-0.3, -0.25) is 14.9 Å². The van der Waals surface area contributed by atoms with Gasteiger partial charge in [-0.2, -0.15) is 5.06 Å². The number of nitrogens with zero attached hydrogens (tertiary/aromatic N) is 2. The molecule has 2 N–H and O–H groups in total. The number of para-hydroxylation sites is 1. The summed E-state index contributed by atoms with van der Waals surface area (Å²) in [6, 6.07) is 6.45. The first-order valence-electron chi connectivity index (χ1n) is 7.61. The van der Waals surface area contributed by atoms with Gasteiger partial charge in [0.05, 0.1) is 11.7 Å². The summed E-state index contributed by atoms with van der Waals surface area (Å²) in [6.07, 6.45) is 0.461. The van der Waals surface area contributed by atoms with E-state index in [1.165, 1.54) is 13.3 Å². The Morgan fingerprint density at radius 2 is 1.87 bits per heavy atom. The van der Waals surface area contributed by atoms with E-state index in [1.54, 1.807) is 24.1 Å². The van der Waals surface area contributed by atoms with Gasteiger partial charge in [0.2, 0.25) is 0 Å². The predicted octanol–water partition coefficient (Wildman–Crippen LogP) is 2.37. The number of anilines is 1. The van der Waals surface area contributed by atoms with E-state index in [0.717, 1.165) is 5.56 Å². The molecule has 0 aromatic heterocycles. The summed E-state index contributed by atoms with van der Waals surface area (Å²) in [4.78, 5) is 14.2. The number of carbonyl (C=O) groups excluding carboxylic acids is 1. The molecular formula is C16H27N2O4P. The number of hydroxylamine groups is 1. The SMILES string of the molecule is CCC(C(=O)N(O)c1ccccc1C)N(C)CC(O)P(C)(C)=O. The Morgan fingerprint density at radius 3 is 2.35 bits per heavy atom. The van der Waals surface area contributed by atoms with Crippen LogP contribution in [-0.4, -0.2) is 59.9 Å². The zero-order valence-corrected chi connectivity index (χ0v) is 15.3. The minimum atomic E-state index is -2.65. The van der Waals surface area contributed by atoms with Crippen LogP contribution in [0.1, 0.15) is 18.9 Å². The molecule has 0 spiro atoms. The van der Waals surface area contributed by atoms with Crippen molar-refractivity contribution in [3.63, 3.8) is 0 Å². The van der Waals surface area contributed by atoms with Gasteiger partial charge in [0.25, 0.3) is 5.91 Å². The molecule has 7 heteroatoms. The van der Waals surface area contributed by atoms with Crippen molar-refractivity contribution in [2.45, 2.75) is 32.2 Å². The minimum Gasteiger partial charge on any atom is -0.384 e. The van der Waals surface area contributed by atoms with Crippen molar-refractivity contribution >= 4 is 18.7 Å². The Bertz CT molecular complexity index is 587. The lowest BCUT2D eigenvalue weighted by atomic mass is 10.1. The Balaban J connectivity index is 2.90. The highest BCUT2D eigenvalue weighted by Crippen LogP contribution is 2.41. The van der Waals surface area contributed by atoms with Crippen molar-refractivity contribution in [3.8, 4) is 0 Å². The lowest BCUT2D eigenvalue weighted by Crippen LogP contribution is -2.48. The van der Waals surface area contributed by atoms with Crippen molar-refractivity contribution in [2.24, 2.45) is 0 Å². The fourth-order valence-corrected chi connectivity index (χ4v) is 2.97. The fraction of sp³-hybridized carbons (Fsp3) is 0.562. The summed E-state index contributed by atoms with van der Waals surface area (Å²) in [7, 11) is -0.977. The number of likely N-dealkylation sites (N-methyl/N-ethyl adjacent to an activating group) is 1. The average molecular weight is 342 g/mol. The van der Waals surface area contributed by atoms with Crippen molar-refractivity contribution in [1.29, 1.82) is 0 Å². The molecule has 2 unspecified atom stereocenters. The summed E-state index contributed by atoms with van der Waals surface area (Å²) < 4.78 is 11.9. The summed E-state index contributed by atoms with van der Waals surface area (Å²) >= 11 is 0. The zero-order valence-electron chi connectivity index (χ0n) is 14.4. The van der Waals surface area contributed by atoms with Crippen LogP contribution in [0.25, 0.3) is 0 Å². The lowest BCUT2D eigenvalue weighted by molar-refractivity contribution is -0.129. The molecule has 0 radical (unpaired) electrons. The first-order chi connectivity index (χ1) is 10.6. The number of carbonyl (C=O) groups is 1. The average Bonchev–Trinajstić information content (AvgIpc) is 2.46. The van der Waals surface area contributed by atoms with Gasteiger partial charge in [0, 0.05) is 6.54 Å². The number of amides is 1. The predicted molar refractivity (Wildman–Crippen MR) is 92.6 cm³/mol. The molecule has 0 aliphatic carbocycles. The van der Waals surface area contributed by atoms with Crippen molar-refractivity contribution in [1.82, 2.24) is 4.90 Å². The normalized spacial score (nSPS) is 14.6. The van der Waals surface area contributed by atoms with Crippen LogP contribution in [-0.2, 0) is 9.36 Å². The molecule has 130 valence electrons. The van der Waals surface area contributed by atoms with Crippen molar-refractivity contribution in [3.05, 3.63) is 29.8 Å². The molecule has 6 nitrogen and oxygen atoms in total. The third-order valence-corrected chi connectivity index (χ3v) is 5.52. The van der Waals surface area contributed by atoms with E-state index in [4.69, 9.17) is 0 Å². The molecule has 1 aromatic carbocycles. The third kappa shape index (κ3) is 5.15. The smallest absolute Gasteiger partial charge is 0.267 e. The molecule has 0 saturated carbocycles. The van der Waals surface area contributed by atoms with E-state index in [1.807, 2.05) is 26.0 Å². The number of hydrogen-bond acceptors (Lipinski definition) is 5. The summed E-state index contributed by atoms with van der Waals surface area (Å²) in [5, 5.41) is 20.9. The lowest BCUT2D eigenvalue weighted by Gasteiger charge is -2.31. The quantitative estimate of drug-likeness (QED) is 0.452. The second kappa shape index (κ2) is 8.06. The summed E-state index contributed by atoms with van der Waals surface area (Å²) in [6.45, 7) is 6.77. The Kier molecular flexibility index (Phi) is 6.96. The maximum Gasteiger partial charge on any atom is 0.267 e. The van der Waals surface area contributed by atoms with Gasteiger partial charge in [0.15, 0.2) is 0 Å². The van der Waals surface area contributed by atoms with Crippen LogP contribution in [0.4, 0.5) is 5.69 Å². The molecule has 0 bridgehead atoms. The number of hydrogen-bond donors (Lipinski definition) is 2. The largest absolute Gasteiger partial charge is 0.384 e. The van der Waals surface area contributed by atoms with Crippen LogP contribution in [0.2, 0.25) is 0 Å². The van der Waals surface area contributed by atoms with Crippen LogP contribution >= 0.6 is 7.14 Å².